The van der Waals surface area contributed by atoms with E-state index in [-0.39, 0.29) is 24.5 Å². The van der Waals surface area contributed by atoms with E-state index in [1.54, 1.807) is 24.3 Å². The van der Waals surface area contributed by atoms with Crippen LogP contribution in [-0.4, -0.2) is 55.2 Å². The average Bonchev–Trinajstić information content (AvgIpc) is 3.11. The van der Waals surface area contributed by atoms with Gasteiger partial charge < -0.3 is 24.2 Å². The van der Waals surface area contributed by atoms with E-state index in [0.717, 1.165) is 24.8 Å². The molecule has 7 nitrogen and oxygen atoms in total. The van der Waals surface area contributed by atoms with Crippen molar-refractivity contribution in [2.24, 2.45) is 0 Å². The summed E-state index contributed by atoms with van der Waals surface area (Å²) in [5.74, 6) is -0.444. The zero-order chi connectivity index (χ0) is 25.4. The topological polar surface area (TPSA) is 85.3 Å². The molecule has 0 aromatic heterocycles. The smallest absolute Gasteiger partial charge is 0.295 e. The number of aliphatic hydroxyl groups excluding tert-OH is 1. The lowest BCUT2D eigenvalue weighted by Gasteiger charge is -2.26. The van der Waals surface area contributed by atoms with Crippen molar-refractivity contribution in [3.05, 3.63) is 64.7 Å². The van der Waals surface area contributed by atoms with Gasteiger partial charge in [0.15, 0.2) is 11.5 Å². The van der Waals surface area contributed by atoms with Crippen LogP contribution in [0.4, 0.5) is 0 Å². The Morgan fingerprint density at radius 2 is 1.71 bits per heavy atom. The van der Waals surface area contributed by atoms with Crippen LogP contribution in [0.1, 0.15) is 55.8 Å². The molecule has 35 heavy (non-hydrogen) atoms. The summed E-state index contributed by atoms with van der Waals surface area (Å²) in [5.41, 5.74) is 2.20. The number of ketones is 1. The number of hydrogen-bond donors (Lipinski definition) is 1. The fraction of sp³-hybridized carbons (Fsp3) is 0.429. The summed E-state index contributed by atoms with van der Waals surface area (Å²) in [6.07, 6.45) is 3.12. The molecule has 1 heterocycles. The third kappa shape index (κ3) is 6.03. The van der Waals surface area contributed by atoms with Crippen LogP contribution in [0.2, 0.25) is 0 Å². The summed E-state index contributed by atoms with van der Waals surface area (Å²) < 4.78 is 17.0. The lowest BCUT2D eigenvalue weighted by atomic mass is 9.94. The first-order chi connectivity index (χ1) is 16.9. The number of hydrogen-bond acceptors (Lipinski definition) is 6. The van der Waals surface area contributed by atoms with Crippen molar-refractivity contribution in [2.45, 2.75) is 46.1 Å². The third-order valence-corrected chi connectivity index (χ3v) is 5.99. The summed E-state index contributed by atoms with van der Waals surface area (Å²) in [6.45, 7) is 7.43. The zero-order valence-corrected chi connectivity index (χ0v) is 21.0. The first kappa shape index (κ1) is 26.3. The highest BCUT2D eigenvalue weighted by Gasteiger charge is 2.46. The molecule has 2 aromatic carbocycles. The number of aryl methyl sites for hydroxylation is 1. The molecule has 2 aromatic rings. The van der Waals surface area contributed by atoms with E-state index in [9.17, 15) is 14.7 Å². The quantitative estimate of drug-likeness (QED) is 0.198. The van der Waals surface area contributed by atoms with E-state index >= 15 is 0 Å². The Morgan fingerprint density at radius 3 is 2.37 bits per heavy atom. The number of methoxy groups -OCH3 is 1. The van der Waals surface area contributed by atoms with Gasteiger partial charge >= 0.3 is 0 Å². The maximum absolute atomic E-state index is 13.1. The van der Waals surface area contributed by atoms with Gasteiger partial charge in [-0.25, -0.2) is 0 Å². The molecule has 0 saturated carbocycles. The van der Waals surface area contributed by atoms with Crippen LogP contribution < -0.4 is 9.47 Å². The van der Waals surface area contributed by atoms with Gasteiger partial charge in [0.1, 0.15) is 5.76 Å². The number of carbonyl (C=O) groups is 2. The van der Waals surface area contributed by atoms with E-state index in [1.807, 2.05) is 32.0 Å². The van der Waals surface area contributed by atoms with Gasteiger partial charge in [-0.05, 0) is 38.0 Å². The van der Waals surface area contributed by atoms with E-state index in [1.165, 1.54) is 12.0 Å². The molecule has 1 N–H and O–H groups in total. The Hall–Kier alpha value is -3.32. The summed E-state index contributed by atoms with van der Waals surface area (Å²) >= 11 is 0. The molecule has 7 heteroatoms. The number of aliphatic hydroxyl groups is 1. The van der Waals surface area contributed by atoms with Gasteiger partial charge in [-0.2, -0.15) is 0 Å². The van der Waals surface area contributed by atoms with Crippen LogP contribution in [0.15, 0.2) is 48.0 Å². The average molecular weight is 482 g/mol. The number of unbranched alkanes of at least 4 members (excludes halogenated alkanes) is 2. The second kappa shape index (κ2) is 12.4. The lowest BCUT2D eigenvalue weighted by Crippen LogP contribution is -2.32. The molecule has 1 unspecified atom stereocenters. The predicted molar refractivity (Wildman–Crippen MR) is 135 cm³/mol. The third-order valence-electron chi connectivity index (χ3n) is 5.99. The standard InChI is InChI=1S/C28H35NO6/c1-5-7-8-16-35-22-14-13-21(18-23(22)34-6-2)25-24(26(30)20-11-9-19(3)10-12-20)27(31)28(32)29(25)15-17-33-4/h9-14,18,25,30H,5-8,15-17H2,1-4H3. The minimum atomic E-state index is -0.778. The molecule has 1 aliphatic rings. The number of rotatable bonds is 12. The fourth-order valence-electron chi connectivity index (χ4n) is 4.13. The van der Waals surface area contributed by atoms with Gasteiger partial charge in [-0.3, -0.25) is 9.59 Å². The maximum atomic E-state index is 13.1. The minimum absolute atomic E-state index is 0.0500. The van der Waals surface area contributed by atoms with Crippen LogP contribution in [0.3, 0.4) is 0 Å². The Morgan fingerprint density at radius 1 is 0.971 bits per heavy atom. The van der Waals surface area contributed by atoms with Crippen molar-refractivity contribution in [1.82, 2.24) is 4.90 Å². The van der Waals surface area contributed by atoms with Crippen molar-refractivity contribution in [1.29, 1.82) is 0 Å². The van der Waals surface area contributed by atoms with Crippen molar-refractivity contribution in [3.8, 4) is 11.5 Å². The van der Waals surface area contributed by atoms with Crippen LogP contribution in [-0.2, 0) is 14.3 Å². The number of carbonyl (C=O) groups excluding carboxylic acids is 2. The first-order valence-electron chi connectivity index (χ1n) is 12.2. The molecule has 188 valence electrons. The van der Waals surface area contributed by atoms with Crippen molar-refractivity contribution in [3.63, 3.8) is 0 Å². The predicted octanol–water partition coefficient (Wildman–Crippen LogP) is 5.03. The first-order valence-corrected chi connectivity index (χ1v) is 12.2. The Kier molecular flexibility index (Phi) is 9.32. The van der Waals surface area contributed by atoms with Crippen molar-refractivity contribution in [2.75, 3.05) is 33.5 Å². The molecule has 0 aliphatic carbocycles. The number of ether oxygens (including phenoxy) is 3. The Balaban J connectivity index is 2.07. The van der Waals surface area contributed by atoms with E-state index < -0.39 is 17.7 Å². The number of likely N-dealkylation sites (tertiary alicyclic amines) is 1. The van der Waals surface area contributed by atoms with E-state index in [2.05, 4.69) is 6.92 Å². The monoisotopic (exact) mass is 481 g/mol. The van der Waals surface area contributed by atoms with Crippen LogP contribution in [0, 0.1) is 6.92 Å². The van der Waals surface area contributed by atoms with E-state index in [4.69, 9.17) is 14.2 Å². The molecular formula is C28H35NO6. The Labute approximate surface area is 207 Å². The molecule has 1 aliphatic heterocycles. The van der Waals surface area contributed by atoms with Crippen LogP contribution >= 0.6 is 0 Å². The summed E-state index contributed by atoms with van der Waals surface area (Å²) in [4.78, 5) is 27.6. The molecule has 0 radical (unpaired) electrons. The van der Waals surface area contributed by atoms with Gasteiger partial charge in [0, 0.05) is 19.2 Å². The van der Waals surface area contributed by atoms with Crippen molar-refractivity contribution < 1.29 is 28.9 Å². The highest BCUT2D eigenvalue weighted by Crippen LogP contribution is 2.42. The van der Waals surface area contributed by atoms with Gasteiger partial charge in [0.2, 0.25) is 0 Å². The molecule has 0 bridgehead atoms. The second-order valence-corrected chi connectivity index (χ2v) is 8.55. The van der Waals surface area contributed by atoms with Gasteiger partial charge in [-0.15, -0.1) is 0 Å². The number of nitrogens with zero attached hydrogens (tertiary/aromatic N) is 1. The molecule has 3 rings (SSSR count). The number of benzene rings is 2. The lowest BCUT2D eigenvalue weighted by molar-refractivity contribution is -0.140. The summed E-state index contributed by atoms with van der Waals surface area (Å²) in [6, 6.07) is 11.8. The fourth-order valence-corrected chi connectivity index (χ4v) is 4.13. The highest BCUT2D eigenvalue weighted by atomic mass is 16.5. The molecule has 1 saturated heterocycles. The maximum Gasteiger partial charge on any atom is 0.295 e. The van der Waals surface area contributed by atoms with Gasteiger partial charge in [0.05, 0.1) is 31.4 Å². The van der Waals surface area contributed by atoms with Crippen molar-refractivity contribution >= 4 is 17.4 Å². The Bertz CT molecular complexity index is 1060. The number of Topliss-reactive ketones (excluding diaryl/α,β-unsaturated/α-hetero) is 1. The molecule has 1 atom stereocenters. The van der Waals surface area contributed by atoms with Crippen LogP contribution in [0.25, 0.3) is 5.76 Å². The summed E-state index contributed by atoms with van der Waals surface area (Å²) in [7, 11) is 1.54. The zero-order valence-electron chi connectivity index (χ0n) is 21.0. The minimum Gasteiger partial charge on any atom is -0.507 e. The largest absolute Gasteiger partial charge is 0.507 e. The molecule has 1 amide bonds. The van der Waals surface area contributed by atoms with Crippen LogP contribution in [0.5, 0.6) is 11.5 Å². The normalized spacial score (nSPS) is 17.1. The van der Waals surface area contributed by atoms with Gasteiger partial charge in [0.25, 0.3) is 11.7 Å². The highest BCUT2D eigenvalue weighted by molar-refractivity contribution is 6.46. The molecule has 1 fully saturated rings. The second-order valence-electron chi connectivity index (χ2n) is 8.55. The SMILES string of the molecule is CCCCCOc1ccc(C2C(=C(O)c3ccc(C)cc3)C(=O)C(=O)N2CCOC)cc1OCC. The molecule has 0 spiro atoms. The van der Waals surface area contributed by atoms with E-state index in [0.29, 0.717) is 35.8 Å². The number of amides is 1. The molecular weight excluding hydrogens is 446 g/mol. The summed E-state index contributed by atoms with van der Waals surface area (Å²) in [5, 5.41) is 11.2. The van der Waals surface area contributed by atoms with Gasteiger partial charge in [-0.1, -0.05) is 55.7 Å².